The maximum Gasteiger partial charge on any atom is 0.300 e. The first-order chi connectivity index (χ1) is 6.67. The van der Waals surface area contributed by atoms with Crippen LogP contribution in [0.2, 0.25) is 0 Å². The molecule has 0 aromatic rings. The molecule has 8 heteroatoms. The molecule has 0 spiro atoms. The molecule has 0 radical (unpaired) electrons. The van der Waals surface area contributed by atoms with Crippen molar-refractivity contribution in [2.75, 3.05) is 0 Å². The lowest BCUT2D eigenvalue weighted by molar-refractivity contribution is -0.135. The van der Waals surface area contributed by atoms with Crippen LogP contribution in [0.5, 0.6) is 0 Å². The van der Waals surface area contributed by atoms with Crippen LogP contribution in [0.4, 0.5) is 0 Å². The Bertz CT molecular complexity index is 329. The van der Waals surface area contributed by atoms with E-state index in [9.17, 15) is 8.42 Å². The van der Waals surface area contributed by atoms with Crippen LogP contribution in [0.1, 0.15) is 13.8 Å². The normalized spacial score (nSPS) is 14.3. The fraction of sp³-hybridized carbons (Fsp3) is 0.286. The molecular formula is C7H11NO6S. The Morgan fingerprint density at radius 2 is 1.47 bits per heavy atom. The van der Waals surface area contributed by atoms with E-state index in [0.29, 0.717) is 0 Å². The molecule has 0 atom stereocenters. The van der Waals surface area contributed by atoms with Crippen molar-refractivity contribution in [1.29, 1.82) is 0 Å². The van der Waals surface area contributed by atoms with Crippen LogP contribution in [0.15, 0.2) is 15.9 Å². The Labute approximate surface area is 86.8 Å². The molecule has 0 fully saturated rings. The van der Waals surface area contributed by atoms with E-state index < -0.39 is 22.0 Å². The summed E-state index contributed by atoms with van der Waals surface area (Å²) in [5.41, 5.74) is 0. The highest BCUT2D eigenvalue weighted by Crippen LogP contribution is 1.97. The van der Waals surface area contributed by atoms with Gasteiger partial charge in [0.05, 0.1) is 5.41 Å². The van der Waals surface area contributed by atoms with Crippen molar-refractivity contribution in [1.82, 2.24) is 0 Å². The van der Waals surface area contributed by atoms with Crippen LogP contribution < -0.4 is 0 Å². The van der Waals surface area contributed by atoms with Gasteiger partial charge in [-0.25, -0.2) is 0 Å². The number of hydrogen-bond donors (Lipinski definition) is 2. The third kappa shape index (κ3) is 24.5. The first kappa shape index (κ1) is 15.8. The van der Waals surface area contributed by atoms with Crippen LogP contribution in [0.3, 0.4) is 0 Å². The summed E-state index contributed by atoms with van der Waals surface area (Å²) in [6, 6.07) is 0. The average molecular weight is 237 g/mol. The molecule has 0 aromatic heterocycles. The van der Waals surface area contributed by atoms with Crippen LogP contribution in [0, 0.1) is 0 Å². The highest BCUT2D eigenvalue weighted by atomic mass is 32.2. The fourth-order valence-corrected chi connectivity index (χ4v) is 0.869. The van der Waals surface area contributed by atoms with Crippen molar-refractivity contribution in [3.63, 3.8) is 0 Å². The topological polar surface area (TPSA) is 121 Å². The molecule has 2 N–H and O–H groups in total. The number of nitrogens with zero attached hydrogens (tertiary/aromatic N) is 1. The van der Waals surface area contributed by atoms with Crippen molar-refractivity contribution in [2.45, 2.75) is 13.8 Å². The number of aliphatic carboxylic acids is 2. The Hall–Kier alpha value is -1.70. The lowest BCUT2D eigenvalue weighted by atomic mass is 10.7. The van der Waals surface area contributed by atoms with Crippen LogP contribution in [-0.2, 0) is 19.6 Å². The SMILES string of the molecule is CC(=O)O.CC(=O)O.O=S1(=O)C=CC=N1. The molecule has 0 unspecified atom stereocenters. The summed E-state index contributed by atoms with van der Waals surface area (Å²) >= 11 is 0. The van der Waals surface area contributed by atoms with E-state index in [1.807, 2.05) is 0 Å². The predicted octanol–water partition coefficient (Wildman–Crippen LogP) is 0.0961. The molecule has 0 amide bonds. The Morgan fingerprint density at radius 1 is 1.13 bits per heavy atom. The monoisotopic (exact) mass is 237 g/mol. The van der Waals surface area contributed by atoms with Crippen molar-refractivity contribution >= 4 is 28.2 Å². The van der Waals surface area contributed by atoms with Crippen molar-refractivity contribution in [3.05, 3.63) is 11.5 Å². The van der Waals surface area contributed by atoms with Gasteiger partial charge in [-0.15, -0.1) is 0 Å². The second kappa shape index (κ2) is 7.68. The van der Waals surface area contributed by atoms with Gasteiger partial charge >= 0.3 is 0 Å². The zero-order chi connectivity index (χ0) is 12.5. The standard InChI is InChI=1S/C3H3NO2S.2C2H4O2/c5-7(6)3-1-2-4-7;2*1-2(3)4/h1-3H;2*1H3,(H,3,4). The molecular weight excluding hydrogens is 226 g/mol. The Morgan fingerprint density at radius 3 is 1.53 bits per heavy atom. The van der Waals surface area contributed by atoms with Gasteiger partial charge in [-0.1, -0.05) is 0 Å². The zero-order valence-electron chi connectivity index (χ0n) is 8.11. The summed E-state index contributed by atoms with van der Waals surface area (Å²) < 4.78 is 23.4. The lowest BCUT2D eigenvalue weighted by Gasteiger charge is -1.73. The average Bonchev–Trinajstić information content (AvgIpc) is 2.31. The number of allylic oxidation sites excluding steroid dienone is 1. The minimum Gasteiger partial charge on any atom is -0.481 e. The van der Waals surface area contributed by atoms with Crippen LogP contribution in [0.25, 0.3) is 0 Å². The molecule has 0 aliphatic carbocycles. The minimum atomic E-state index is -3.16. The Kier molecular flexibility index (Phi) is 8.07. The highest BCUT2D eigenvalue weighted by Gasteiger charge is 2.01. The molecule has 1 aliphatic rings. The number of sulfonamides is 1. The third-order valence-electron chi connectivity index (χ3n) is 0.544. The molecule has 1 heterocycles. The molecule has 1 aliphatic heterocycles. The zero-order valence-corrected chi connectivity index (χ0v) is 8.93. The summed E-state index contributed by atoms with van der Waals surface area (Å²) in [4.78, 5) is 18.0. The molecule has 0 saturated carbocycles. The van der Waals surface area contributed by atoms with Crippen LogP contribution in [-0.4, -0.2) is 36.8 Å². The largest absolute Gasteiger partial charge is 0.481 e. The van der Waals surface area contributed by atoms with Gasteiger partial charge in [0.15, 0.2) is 0 Å². The van der Waals surface area contributed by atoms with Gasteiger partial charge in [-0.05, 0) is 6.08 Å². The van der Waals surface area contributed by atoms with Gasteiger partial charge in [0, 0.05) is 20.1 Å². The molecule has 0 aromatic carbocycles. The molecule has 7 nitrogen and oxygen atoms in total. The van der Waals surface area contributed by atoms with Gasteiger partial charge < -0.3 is 10.2 Å². The number of rotatable bonds is 0. The molecule has 86 valence electrons. The van der Waals surface area contributed by atoms with E-state index in [-0.39, 0.29) is 0 Å². The fourth-order valence-electron chi connectivity index (χ4n) is 0.290. The third-order valence-corrected chi connectivity index (χ3v) is 1.46. The molecule has 0 saturated heterocycles. The van der Waals surface area contributed by atoms with Gasteiger partial charge in [-0.3, -0.25) is 9.59 Å². The van der Waals surface area contributed by atoms with Crippen molar-refractivity contribution in [2.24, 2.45) is 4.40 Å². The van der Waals surface area contributed by atoms with E-state index in [0.717, 1.165) is 19.3 Å². The highest BCUT2D eigenvalue weighted by molar-refractivity contribution is 7.93. The van der Waals surface area contributed by atoms with E-state index in [1.54, 1.807) is 0 Å². The number of carbonyl (C=O) groups is 2. The summed E-state index contributed by atoms with van der Waals surface area (Å²) in [5, 5.41) is 15.9. The van der Waals surface area contributed by atoms with E-state index >= 15 is 0 Å². The first-order valence-corrected chi connectivity index (χ1v) is 5.04. The summed E-state index contributed by atoms with van der Waals surface area (Å²) in [5.74, 6) is -1.67. The quantitative estimate of drug-likeness (QED) is 0.616. The maximum atomic E-state index is 10.1. The lowest BCUT2D eigenvalue weighted by Crippen LogP contribution is -1.80. The number of carboxylic acids is 2. The smallest absolute Gasteiger partial charge is 0.300 e. The van der Waals surface area contributed by atoms with Crippen molar-refractivity contribution in [3.8, 4) is 0 Å². The van der Waals surface area contributed by atoms with Gasteiger partial charge in [0.25, 0.3) is 22.0 Å². The van der Waals surface area contributed by atoms with Crippen LogP contribution >= 0.6 is 0 Å². The van der Waals surface area contributed by atoms with E-state index in [4.69, 9.17) is 19.8 Å². The molecule has 0 bridgehead atoms. The molecule has 15 heavy (non-hydrogen) atoms. The predicted molar refractivity (Wildman–Crippen MR) is 53.2 cm³/mol. The second-order valence-electron chi connectivity index (χ2n) is 2.14. The summed E-state index contributed by atoms with van der Waals surface area (Å²) in [6.07, 6.45) is 2.63. The second-order valence-corrected chi connectivity index (χ2v) is 3.65. The Balaban J connectivity index is 0. The summed E-state index contributed by atoms with van der Waals surface area (Å²) in [6.45, 7) is 2.17. The van der Waals surface area contributed by atoms with Gasteiger partial charge in [-0.2, -0.15) is 12.8 Å². The molecule has 1 rings (SSSR count). The van der Waals surface area contributed by atoms with E-state index in [2.05, 4.69) is 4.40 Å². The minimum absolute atomic E-state index is 0.833. The number of hydrogen-bond acceptors (Lipinski definition) is 4. The van der Waals surface area contributed by atoms with Gasteiger partial charge in [0.1, 0.15) is 0 Å². The number of carboxylic acid groups (broad SMARTS) is 2. The van der Waals surface area contributed by atoms with Gasteiger partial charge in [0.2, 0.25) is 0 Å². The summed E-state index contributed by atoms with van der Waals surface area (Å²) in [7, 11) is -3.16. The first-order valence-electron chi connectivity index (χ1n) is 3.53. The van der Waals surface area contributed by atoms with E-state index in [1.165, 1.54) is 12.3 Å². The maximum absolute atomic E-state index is 10.1. The van der Waals surface area contributed by atoms with Crippen molar-refractivity contribution < 1.29 is 28.2 Å².